The number of ether oxygens (including phenoxy) is 1. The summed E-state index contributed by atoms with van der Waals surface area (Å²) in [5.41, 5.74) is 0. The van der Waals surface area contributed by atoms with E-state index in [1.54, 1.807) is 0 Å². The highest BCUT2D eigenvalue weighted by Gasteiger charge is 2.39. The average Bonchev–Trinajstić information content (AvgIpc) is 2.97. The zero-order valence-corrected chi connectivity index (χ0v) is 13.3. The molecule has 0 bridgehead atoms. The SMILES string of the molecule is COC1CCCC1N1CC(C2CCCCC2)NCC1C. The summed E-state index contributed by atoms with van der Waals surface area (Å²) in [5.74, 6) is 0.918. The van der Waals surface area contributed by atoms with Gasteiger partial charge in [-0.2, -0.15) is 0 Å². The largest absolute Gasteiger partial charge is 0.380 e. The van der Waals surface area contributed by atoms with E-state index in [0.717, 1.165) is 18.5 Å². The highest BCUT2D eigenvalue weighted by molar-refractivity contribution is 4.96. The molecular weight excluding hydrogens is 248 g/mol. The van der Waals surface area contributed by atoms with Gasteiger partial charge in [0.15, 0.2) is 0 Å². The van der Waals surface area contributed by atoms with Gasteiger partial charge in [0.1, 0.15) is 0 Å². The number of nitrogens with one attached hydrogen (secondary N) is 1. The van der Waals surface area contributed by atoms with Gasteiger partial charge in [0.05, 0.1) is 6.10 Å². The van der Waals surface area contributed by atoms with Gasteiger partial charge in [-0.1, -0.05) is 19.3 Å². The summed E-state index contributed by atoms with van der Waals surface area (Å²) in [6, 6.07) is 2.06. The van der Waals surface area contributed by atoms with Crippen LogP contribution in [0.4, 0.5) is 0 Å². The fourth-order valence-electron chi connectivity index (χ4n) is 4.79. The summed E-state index contributed by atoms with van der Waals surface area (Å²) in [7, 11) is 1.90. The first-order valence-electron chi connectivity index (χ1n) is 8.81. The average molecular weight is 280 g/mol. The quantitative estimate of drug-likeness (QED) is 0.860. The van der Waals surface area contributed by atoms with E-state index in [-0.39, 0.29) is 0 Å². The number of nitrogens with zero attached hydrogens (tertiary/aromatic N) is 1. The number of hydrogen-bond acceptors (Lipinski definition) is 3. The van der Waals surface area contributed by atoms with Crippen molar-refractivity contribution in [2.45, 2.75) is 82.5 Å². The van der Waals surface area contributed by atoms with Crippen LogP contribution >= 0.6 is 0 Å². The van der Waals surface area contributed by atoms with Gasteiger partial charge < -0.3 is 10.1 Å². The lowest BCUT2D eigenvalue weighted by molar-refractivity contribution is -0.00702. The highest BCUT2D eigenvalue weighted by Crippen LogP contribution is 2.32. The predicted octanol–water partition coefficient (Wildman–Crippen LogP) is 2.80. The molecule has 20 heavy (non-hydrogen) atoms. The Bertz CT molecular complexity index is 303. The molecule has 0 spiro atoms. The van der Waals surface area contributed by atoms with Crippen molar-refractivity contribution in [1.82, 2.24) is 10.2 Å². The van der Waals surface area contributed by atoms with Crippen molar-refractivity contribution in [3.8, 4) is 0 Å². The van der Waals surface area contributed by atoms with Crippen LogP contribution in [0.3, 0.4) is 0 Å². The smallest absolute Gasteiger partial charge is 0.0726 e. The van der Waals surface area contributed by atoms with Crippen molar-refractivity contribution < 1.29 is 4.74 Å². The van der Waals surface area contributed by atoms with Crippen LogP contribution in [-0.2, 0) is 4.74 Å². The van der Waals surface area contributed by atoms with Crippen LogP contribution < -0.4 is 5.32 Å². The highest BCUT2D eigenvalue weighted by atomic mass is 16.5. The molecule has 116 valence electrons. The number of hydrogen-bond donors (Lipinski definition) is 1. The first-order chi connectivity index (χ1) is 9.79. The summed E-state index contributed by atoms with van der Waals surface area (Å²) in [4.78, 5) is 2.77. The van der Waals surface area contributed by atoms with Crippen molar-refractivity contribution in [2.24, 2.45) is 5.92 Å². The van der Waals surface area contributed by atoms with Gasteiger partial charge in [0, 0.05) is 38.3 Å². The normalized spacial score (nSPS) is 41.1. The minimum Gasteiger partial charge on any atom is -0.380 e. The predicted molar refractivity (Wildman–Crippen MR) is 83.0 cm³/mol. The Morgan fingerprint density at radius 2 is 1.80 bits per heavy atom. The molecule has 0 amide bonds. The third-order valence-electron chi connectivity index (χ3n) is 6.01. The Morgan fingerprint density at radius 3 is 2.55 bits per heavy atom. The molecule has 0 aromatic rings. The zero-order valence-electron chi connectivity index (χ0n) is 13.3. The van der Waals surface area contributed by atoms with Crippen molar-refractivity contribution in [3.05, 3.63) is 0 Å². The molecule has 3 rings (SSSR count). The molecule has 0 aromatic heterocycles. The number of piperazine rings is 1. The summed E-state index contributed by atoms with van der Waals surface area (Å²) >= 11 is 0. The molecule has 1 aliphatic heterocycles. The van der Waals surface area contributed by atoms with Crippen LogP contribution in [0.2, 0.25) is 0 Å². The van der Waals surface area contributed by atoms with Gasteiger partial charge in [0.25, 0.3) is 0 Å². The van der Waals surface area contributed by atoms with Gasteiger partial charge in [-0.3, -0.25) is 4.90 Å². The van der Waals surface area contributed by atoms with E-state index in [1.807, 2.05) is 7.11 Å². The van der Waals surface area contributed by atoms with Crippen LogP contribution in [-0.4, -0.2) is 49.3 Å². The maximum atomic E-state index is 5.74. The van der Waals surface area contributed by atoms with E-state index in [9.17, 15) is 0 Å². The molecule has 3 nitrogen and oxygen atoms in total. The van der Waals surface area contributed by atoms with E-state index in [0.29, 0.717) is 18.2 Å². The molecule has 2 aliphatic carbocycles. The van der Waals surface area contributed by atoms with E-state index < -0.39 is 0 Å². The Balaban J connectivity index is 1.63. The summed E-state index contributed by atoms with van der Waals surface area (Å²) in [6.45, 7) is 4.79. The van der Waals surface area contributed by atoms with Gasteiger partial charge in [-0.05, 0) is 44.9 Å². The summed E-state index contributed by atoms with van der Waals surface area (Å²) in [6.07, 6.45) is 11.6. The van der Waals surface area contributed by atoms with Crippen LogP contribution in [0, 0.1) is 5.92 Å². The van der Waals surface area contributed by atoms with E-state index in [4.69, 9.17) is 4.74 Å². The topological polar surface area (TPSA) is 24.5 Å². The Hall–Kier alpha value is -0.120. The van der Waals surface area contributed by atoms with Crippen molar-refractivity contribution in [1.29, 1.82) is 0 Å². The molecule has 0 aromatic carbocycles. The maximum absolute atomic E-state index is 5.74. The van der Waals surface area contributed by atoms with Crippen LogP contribution in [0.15, 0.2) is 0 Å². The van der Waals surface area contributed by atoms with Crippen LogP contribution in [0.1, 0.15) is 58.3 Å². The van der Waals surface area contributed by atoms with Crippen molar-refractivity contribution in [2.75, 3.05) is 20.2 Å². The van der Waals surface area contributed by atoms with Crippen LogP contribution in [0.25, 0.3) is 0 Å². The lowest BCUT2D eigenvalue weighted by Crippen LogP contribution is -2.61. The molecule has 2 saturated carbocycles. The van der Waals surface area contributed by atoms with Gasteiger partial charge >= 0.3 is 0 Å². The minimum absolute atomic E-state index is 0.475. The Kier molecular flexibility index (Phi) is 5.00. The molecule has 4 unspecified atom stereocenters. The maximum Gasteiger partial charge on any atom is 0.0726 e. The van der Waals surface area contributed by atoms with E-state index in [2.05, 4.69) is 17.1 Å². The van der Waals surface area contributed by atoms with E-state index in [1.165, 1.54) is 57.9 Å². The summed E-state index contributed by atoms with van der Waals surface area (Å²) in [5, 5.41) is 3.84. The first-order valence-corrected chi connectivity index (χ1v) is 8.81. The third-order valence-corrected chi connectivity index (χ3v) is 6.01. The lowest BCUT2D eigenvalue weighted by atomic mass is 9.82. The molecule has 3 fully saturated rings. The standard InChI is InChI=1S/C17H32N2O/c1-13-11-18-15(14-7-4-3-5-8-14)12-19(13)16-9-6-10-17(16)20-2/h13-18H,3-12H2,1-2H3. The molecule has 0 radical (unpaired) electrons. The van der Waals surface area contributed by atoms with Gasteiger partial charge in [0.2, 0.25) is 0 Å². The molecular formula is C17H32N2O. The monoisotopic (exact) mass is 280 g/mol. The molecule has 4 atom stereocenters. The van der Waals surface area contributed by atoms with Gasteiger partial charge in [-0.15, -0.1) is 0 Å². The lowest BCUT2D eigenvalue weighted by Gasteiger charge is -2.46. The third kappa shape index (κ3) is 3.05. The van der Waals surface area contributed by atoms with E-state index >= 15 is 0 Å². The molecule has 3 aliphatic rings. The fourth-order valence-corrected chi connectivity index (χ4v) is 4.79. The van der Waals surface area contributed by atoms with Crippen LogP contribution in [0.5, 0.6) is 0 Å². The van der Waals surface area contributed by atoms with Gasteiger partial charge in [-0.25, -0.2) is 0 Å². The van der Waals surface area contributed by atoms with Crippen molar-refractivity contribution >= 4 is 0 Å². The second-order valence-electron chi connectivity index (χ2n) is 7.23. The minimum atomic E-state index is 0.475. The number of rotatable bonds is 3. The molecule has 1 saturated heterocycles. The number of methoxy groups -OCH3 is 1. The zero-order chi connectivity index (χ0) is 13.9. The first kappa shape index (κ1) is 14.8. The Morgan fingerprint density at radius 1 is 1.00 bits per heavy atom. The second-order valence-corrected chi connectivity index (χ2v) is 7.23. The second kappa shape index (κ2) is 6.76. The molecule has 1 heterocycles. The van der Waals surface area contributed by atoms with Crippen molar-refractivity contribution in [3.63, 3.8) is 0 Å². The Labute approximate surface area is 124 Å². The fraction of sp³-hybridized carbons (Fsp3) is 1.00. The molecule has 1 N–H and O–H groups in total. The molecule has 3 heteroatoms. The summed E-state index contributed by atoms with van der Waals surface area (Å²) < 4.78 is 5.74.